The molecule has 38 heavy (non-hydrogen) atoms. The van der Waals surface area contributed by atoms with Crippen molar-refractivity contribution in [3.8, 4) is 0 Å². The molecule has 1 aromatic rings. The highest BCUT2D eigenvalue weighted by Gasteiger charge is 2.40. The molecule has 3 atom stereocenters. The third-order valence-corrected chi connectivity index (χ3v) is 6.50. The first-order valence-corrected chi connectivity index (χ1v) is 11.8. The largest absolute Gasteiger partial charge is 0.416 e. The van der Waals surface area contributed by atoms with Crippen LogP contribution in [0.1, 0.15) is 49.5 Å². The lowest BCUT2D eigenvalue weighted by Gasteiger charge is -2.44. The SMILES string of the molecule is C=NNC(=O)N(C)[C@H]1CC[C@@](CO[C@H](C)c2cc(C(F)(F)F)cc(C(F)(F)F)c2)(C(=C)/C=C\C=C/C)NC1. The van der Waals surface area contributed by atoms with Crippen molar-refractivity contribution in [2.45, 2.75) is 56.7 Å². The van der Waals surface area contributed by atoms with Gasteiger partial charge in [0.25, 0.3) is 0 Å². The number of allylic oxidation sites excluding steroid dienone is 3. The highest BCUT2D eigenvalue weighted by molar-refractivity contribution is 5.74. The fraction of sp³-hybridized carbons (Fsp3) is 0.462. The Labute approximate surface area is 218 Å². The number of likely N-dealkylation sites (N-methyl/N-ethyl adjacent to an activating group) is 1. The van der Waals surface area contributed by atoms with Gasteiger partial charge in [-0.05, 0) is 56.0 Å². The Morgan fingerprint density at radius 3 is 2.32 bits per heavy atom. The number of rotatable bonds is 9. The van der Waals surface area contributed by atoms with Crippen molar-refractivity contribution in [3.63, 3.8) is 0 Å². The molecule has 12 heteroatoms. The van der Waals surface area contributed by atoms with Crippen LogP contribution in [0.5, 0.6) is 0 Å². The summed E-state index contributed by atoms with van der Waals surface area (Å²) in [7, 11) is 1.60. The number of hydrazone groups is 1. The molecule has 1 aliphatic rings. The van der Waals surface area contributed by atoms with Gasteiger partial charge in [0.2, 0.25) is 0 Å². The minimum Gasteiger partial charge on any atom is -0.372 e. The van der Waals surface area contributed by atoms with Crippen molar-refractivity contribution in [3.05, 3.63) is 71.3 Å². The Kier molecular flexibility index (Phi) is 10.3. The lowest BCUT2D eigenvalue weighted by Crippen LogP contribution is -2.60. The van der Waals surface area contributed by atoms with Gasteiger partial charge in [-0.1, -0.05) is 30.9 Å². The zero-order valence-electron chi connectivity index (χ0n) is 21.4. The summed E-state index contributed by atoms with van der Waals surface area (Å²) in [6, 6.07) is 0.759. The molecule has 0 spiro atoms. The number of piperidine rings is 1. The van der Waals surface area contributed by atoms with E-state index in [0.29, 0.717) is 37.1 Å². The van der Waals surface area contributed by atoms with E-state index < -0.39 is 41.2 Å². The summed E-state index contributed by atoms with van der Waals surface area (Å²) in [6.45, 7) is 10.8. The van der Waals surface area contributed by atoms with E-state index in [1.807, 2.05) is 13.0 Å². The third kappa shape index (κ3) is 7.94. The van der Waals surface area contributed by atoms with E-state index in [9.17, 15) is 31.1 Å². The molecule has 0 aromatic heterocycles. The molecule has 0 bridgehead atoms. The van der Waals surface area contributed by atoms with Crippen LogP contribution in [0.25, 0.3) is 0 Å². The van der Waals surface area contributed by atoms with Gasteiger partial charge in [-0.15, -0.1) is 0 Å². The van der Waals surface area contributed by atoms with Crippen LogP contribution in [-0.4, -0.2) is 49.4 Å². The maximum absolute atomic E-state index is 13.3. The summed E-state index contributed by atoms with van der Waals surface area (Å²) in [5.41, 5.74) is -1.05. The van der Waals surface area contributed by atoms with Crippen LogP contribution >= 0.6 is 0 Å². The van der Waals surface area contributed by atoms with E-state index in [-0.39, 0.29) is 24.3 Å². The van der Waals surface area contributed by atoms with Gasteiger partial charge >= 0.3 is 18.4 Å². The predicted molar refractivity (Wildman–Crippen MR) is 134 cm³/mol. The molecule has 1 fully saturated rings. The van der Waals surface area contributed by atoms with Crippen molar-refractivity contribution in [1.82, 2.24) is 15.6 Å². The van der Waals surface area contributed by atoms with Crippen LogP contribution in [-0.2, 0) is 17.1 Å². The van der Waals surface area contributed by atoms with E-state index >= 15 is 0 Å². The Morgan fingerprint density at radius 1 is 1.24 bits per heavy atom. The minimum absolute atomic E-state index is 0.0817. The van der Waals surface area contributed by atoms with Gasteiger partial charge in [0.1, 0.15) is 0 Å². The van der Waals surface area contributed by atoms with Gasteiger partial charge in [-0.2, -0.15) is 31.4 Å². The van der Waals surface area contributed by atoms with Gasteiger partial charge < -0.3 is 15.0 Å². The second-order valence-corrected chi connectivity index (χ2v) is 9.04. The highest BCUT2D eigenvalue weighted by Crippen LogP contribution is 2.38. The minimum atomic E-state index is -4.96. The molecule has 210 valence electrons. The van der Waals surface area contributed by atoms with E-state index in [4.69, 9.17) is 4.74 Å². The molecule has 0 unspecified atom stereocenters. The summed E-state index contributed by atoms with van der Waals surface area (Å²) in [5, 5.41) is 6.71. The molecular weight excluding hydrogens is 514 g/mol. The number of urea groups is 1. The first kappa shape index (κ1) is 31.1. The lowest BCUT2D eigenvalue weighted by atomic mass is 9.81. The Bertz CT molecular complexity index is 1020. The van der Waals surface area contributed by atoms with Crippen LogP contribution < -0.4 is 10.7 Å². The zero-order valence-corrected chi connectivity index (χ0v) is 21.4. The normalized spacial score (nSPS) is 21.4. The van der Waals surface area contributed by atoms with Crippen molar-refractivity contribution in [1.29, 1.82) is 0 Å². The molecule has 0 aliphatic carbocycles. The number of carbonyl (C=O) groups excluding carboxylic acids is 1. The van der Waals surface area contributed by atoms with Crippen LogP contribution in [0.15, 0.2) is 59.8 Å². The summed E-state index contributed by atoms with van der Waals surface area (Å²) in [6.07, 6.45) is -2.94. The number of hydrogen-bond acceptors (Lipinski definition) is 4. The van der Waals surface area contributed by atoms with Crippen LogP contribution in [0, 0.1) is 0 Å². The van der Waals surface area contributed by atoms with Crippen molar-refractivity contribution in [2.75, 3.05) is 20.2 Å². The molecule has 2 rings (SSSR count). The average Bonchev–Trinajstić information content (AvgIpc) is 2.86. The third-order valence-electron chi connectivity index (χ3n) is 6.50. The maximum Gasteiger partial charge on any atom is 0.416 e. The smallest absolute Gasteiger partial charge is 0.372 e. The van der Waals surface area contributed by atoms with Crippen LogP contribution in [0.3, 0.4) is 0 Å². The summed E-state index contributed by atoms with van der Waals surface area (Å²) in [5.74, 6) is 0. The fourth-order valence-electron chi connectivity index (χ4n) is 4.07. The van der Waals surface area contributed by atoms with Crippen LogP contribution in [0.2, 0.25) is 0 Å². The van der Waals surface area contributed by atoms with Gasteiger partial charge in [-0.3, -0.25) is 0 Å². The number of amides is 2. The molecule has 6 nitrogen and oxygen atoms in total. The number of alkyl halides is 6. The van der Waals surface area contributed by atoms with Crippen molar-refractivity contribution >= 4 is 12.7 Å². The van der Waals surface area contributed by atoms with Gasteiger partial charge in [-0.25, -0.2) is 10.2 Å². The Balaban J connectivity index is 2.30. The van der Waals surface area contributed by atoms with E-state index in [1.165, 1.54) is 11.8 Å². The van der Waals surface area contributed by atoms with E-state index in [1.54, 1.807) is 25.3 Å². The van der Waals surface area contributed by atoms with E-state index in [0.717, 1.165) is 0 Å². The molecule has 2 amide bonds. The number of carbonyl (C=O) groups is 1. The second-order valence-electron chi connectivity index (χ2n) is 9.04. The molecule has 1 aliphatic heterocycles. The monoisotopic (exact) mass is 546 g/mol. The number of nitrogens with one attached hydrogen (secondary N) is 2. The first-order chi connectivity index (χ1) is 17.6. The van der Waals surface area contributed by atoms with Crippen LogP contribution in [0.4, 0.5) is 31.1 Å². The Morgan fingerprint density at radius 2 is 1.84 bits per heavy atom. The molecule has 1 saturated heterocycles. The number of benzene rings is 1. The van der Waals surface area contributed by atoms with E-state index in [2.05, 4.69) is 29.1 Å². The molecular formula is C26H32F6N4O2. The second kappa shape index (κ2) is 12.6. The standard InChI is InChI=1S/C26H32F6N4O2/c1-6-7-8-9-17(2)24(11-10-22(15-34-24)36(5)23(37)35-33-4)16-38-18(3)19-12-20(25(27,28)29)14-21(13-19)26(30,31)32/h6-9,12-14,18,22,34H,2,4,10-11,15-16H2,1,3,5H3,(H,35,37)/b7-6-,9-8-/t18-,22+,24-/m1/s1. The number of halogens is 6. The molecule has 1 aromatic carbocycles. The van der Waals surface area contributed by atoms with Crippen molar-refractivity contribution < 1.29 is 35.9 Å². The quantitative estimate of drug-likeness (QED) is 0.167. The summed E-state index contributed by atoms with van der Waals surface area (Å²) >= 11 is 0. The molecule has 1 heterocycles. The van der Waals surface area contributed by atoms with Gasteiger partial charge in [0.05, 0.1) is 29.4 Å². The van der Waals surface area contributed by atoms with Crippen molar-refractivity contribution in [2.24, 2.45) is 5.10 Å². The number of nitrogens with zero attached hydrogens (tertiary/aromatic N) is 2. The summed E-state index contributed by atoms with van der Waals surface area (Å²) in [4.78, 5) is 13.6. The topological polar surface area (TPSA) is 66.0 Å². The first-order valence-electron chi connectivity index (χ1n) is 11.8. The summed E-state index contributed by atoms with van der Waals surface area (Å²) < 4.78 is 85.8. The Hall–Kier alpha value is -3.12. The fourth-order valence-corrected chi connectivity index (χ4v) is 4.07. The van der Waals surface area contributed by atoms with Gasteiger partial charge in [0, 0.05) is 26.4 Å². The molecule has 0 radical (unpaired) electrons. The van der Waals surface area contributed by atoms with Gasteiger partial charge in [0.15, 0.2) is 0 Å². The average molecular weight is 547 g/mol. The highest BCUT2D eigenvalue weighted by atomic mass is 19.4. The number of hydrogen-bond donors (Lipinski definition) is 2. The zero-order chi connectivity index (χ0) is 28.7. The number of ether oxygens (including phenoxy) is 1. The predicted octanol–water partition coefficient (Wildman–Crippen LogP) is 6.24. The lowest BCUT2D eigenvalue weighted by molar-refractivity contribution is -0.143. The molecule has 2 N–H and O–H groups in total. The maximum atomic E-state index is 13.3. The molecule has 0 saturated carbocycles.